The molecule has 3 radical (unpaired) electrons. The first-order chi connectivity index (χ1) is 14.6. The molecule has 0 unspecified atom stereocenters. The Bertz CT molecular complexity index is 722. The Morgan fingerprint density at radius 2 is 1.00 bits per heavy atom. The van der Waals surface area contributed by atoms with Crippen molar-refractivity contribution >= 4 is 21.1 Å². The van der Waals surface area contributed by atoms with Gasteiger partial charge in [0.2, 0.25) is 0 Å². The van der Waals surface area contributed by atoms with Crippen LogP contribution in [-0.2, 0) is 0 Å². The molecule has 0 spiro atoms. The maximum Gasteiger partial charge on any atom is 0.130 e. The Hall–Kier alpha value is -2.98. The van der Waals surface area contributed by atoms with Crippen LogP contribution >= 0.6 is 0 Å². The first kappa shape index (κ1) is 25.1. The molecule has 4 heteroatoms. The van der Waals surface area contributed by atoms with Crippen LogP contribution < -0.4 is 5.19 Å². The summed E-state index contributed by atoms with van der Waals surface area (Å²) in [6.07, 6.45) is 11.5. The molecular weight excluding hydrogens is 382 g/mol. The van der Waals surface area contributed by atoms with E-state index in [2.05, 4.69) is 76.5 Å². The molecule has 0 heterocycles. The maximum atomic E-state index is 3.97. The normalized spacial score (nSPS) is 9.77. The number of benzene rings is 1. The summed E-state index contributed by atoms with van der Waals surface area (Å²) in [5.74, 6) is 1.06. The summed E-state index contributed by atoms with van der Waals surface area (Å²) in [6, 6.07) is 8.25. The van der Waals surface area contributed by atoms with E-state index in [-0.39, 0.29) is 0 Å². The molecule has 0 amide bonds. The molecule has 0 saturated heterocycles. The zero-order valence-corrected chi connectivity index (χ0v) is 19.1. The van der Waals surface area contributed by atoms with Crippen LogP contribution in [0.3, 0.4) is 0 Å². The Morgan fingerprint density at radius 1 is 0.633 bits per heavy atom. The van der Waals surface area contributed by atoms with Gasteiger partial charge in [0.1, 0.15) is 5.82 Å². The summed E-state index contributed by atoms with van der Waals surface area (Å²) in [5.41, 5.74) is 2.16. The van der Waals surface area contributed by atoms with E-state index in [0.29, 0.717) is 39.3 Å². The topological polar surface area (TPSA) is 9.72 Å². The number of nitrogens with zero attached hydrogens (tertiary/aromatic N) is 3. The molecule has 3 nitrogen and oxygen atoms in total. The average Bonchev–Trinajstić information content (AvgIpc) is 2.73. The fourth-order valence-corrected chi connectivity index (χ4v) is 3.61. The predicted molar refractivity (Wildman–Crippen MR) is 135 cm³/mol. The van der Waals surface area contributed by atoms with Gasteiger partial charge >= 0.3 is 0 Å². The Labute approximate surface area is 186 Å². The zero-order valence-electron chi connectivity index (χ0n) is 18.1. The highest BCUT2D eigenvalue weighted by atomic mass is 28.1. The fraction of sp³-hybridized carbons (Fsp3) is 0.231. The Balaban J connectivity index is 4.00. The lowest BCUT2D eigenvalue weighted by molar-refractivity contribution is 0.259. The van der Waals surface area contributed by atoms with Crippen molar-refractivity contribution in [1.29, 1.82) is 0 Å². The van der Waals surface area contributed by atoms with Crippen LogP contribution in [-0.4, -0.2) is 64.2 Å². The van der Waals surface area contributed by atoms with Crippen molar-refractivity contribution in [3.8, 4) is 0 Å². The molecule has 0 atom stereocenters. The third-order valence-corrected chi connectivity index (χ3v) is 4.84. The zero-order chi connectivity index (χ0) is 22.4. The average molecular weight is 417 g/mol. The lowest BCUT2D eigenvalue weighted by Gasteiger charge is -2.39. The van der Waals surface area contributed by atoms with Gasteiger partial charge in [0.15, 0.2) is 0 Å². The van der Waals surface area contributed by atoms with Crippen molar-refractivity contribution < 1.29 is 0 Å². The highest BCUT2D eigenvalue weighted by Crippen LogP contribution is 2.27. The first-order valence-electron chi connectivity index (χ1n) is 10.0. The standard InChI is InChI=1S/C26H34N3Si/c1-7-17-27(18-8-2)25(23-15-13-14-16-24(23)30)26(28(19-9-3)20-10-4)29(21-11-5)22-12-6/h7-16H,1-6,17-22H2. The third kappa shape index (κ3) is 6.81. The van der Waals surface area contributed by atoms with Crippen molar-refractivity contribution in [2.45, 2.75) is 0 Å². The van der Waals surface area contributed by atoms with Gasteiger partial charge in [-0.25, -0.2) is 0 Å². The van der Waals surface area contributed by atoms with Crippen LogP contribution in [0.15, 0.2) is 106 Å². The van der Waals surface area contributed by atoms with Crippen LogP contribution in [0.2, 0.25) is 0 Å². The minimum absolute atomic E-state index is 0.676. The number of rotatable bonds is 16. The molecule has 0 saturated carbocycles. The number of hydrogen-bond acceptors (Lipinski definition) is 3. The Morgan fingerprint density at radius 3 is 1.37 bits per heavy atom. The van der Waals surface area contributed by atoms with Gasteiger partial charge in [0.05, 0.1) is 15.9 Å². The van der Waals surface area contributed by atoms with Gasteiger partial charge in [-0.05, 0) is 5.56 Å². The van der Waals surface area contributed by atoms with E-state index in [4.69, 9.17) is 0 Å². The van der Waals surface area contributed by atoms with Gasteiger partial charge in [-0.15, -0.1) is 39.5 Å². The minimum Gasteiger partial charge on any atom is -0.361 e. The quantitative estimate of drug-likeness (QED) is 0.296. The summed E-state index contributed by atoms with van der Waals surface area (Å²) in [6.45, 7) is 27.9. The molecule has 157 valence electrons. The molecule has 0 N–H and O–H groups in total. The molecule has 0 aliphatic carbocycles. The summed E-state index contributed by atoms with van der Waals surface area (Å²) in [7, 11) is 3.82. The van der Waals surface area contributed by atoms with Crippen LogP contribution in [0, 0.1) is 0 Å². The third-order valence-electron chi connectivity index (χ3n) is 4.41. The SMILES string of the molecule is C=CCN(CC=C)C(=C(N(CC=C)CC=C)N(CC=C)CC=C)c1ccccc1[Si]. The smallest absolute Gasteiger partial charge is 0.130 e. The largest absolute Gasteiger partial charge is 0.361 e. The van der Waals surface area contributed by atoms with Crippen molar-refractivity contribution in [3.05, 3.63) is 112 Å². The Kier molecular flexibility index (Phi) is 11.8. The second-order valence-electron chi connectivity index (χ2n) is 6.66. The monoisotopic (exact) mass is 416 g/mol. The van der Waals surface area contributed by atoms with Gasteiger partial charge in [0.25, 0.3) is 0 Å². The second kappa shape index (κ2) is 14.1. The highest BCUT2D eigenvalue weighted by molar-refractivity contribution is 6.34. The minimum atomic E-state index is 0.676. The molecule has 0 fully saturated rings. The van der Waals surface area contributed by atoms with E-state index < -0.39 is 0 Å². The molecule has 30 heavy (non-hydrogen) atoms. The van der Waals surface area contributed by atoms with E-state index in [0.717, 1.165) is 22.3 Å². The molecule has 0 bridgehead atoms. The van der Waals surface area contributed by atoms with Gasteiger partial charge < -0.3 is 14.7 Å². The van der Waals surface area contributed by atoms with E-state index >= 15 is 0 Å². The van der Waals surface area contributed by atoms with E-state index in [1.807, 2.05) is 48.6 Å². The highest BCUT2D eigenvalue weighted by Gasteiger charge is 2.24. The van der Waals surface area contributed by atoms with Gasteiger partial charge in [-0.1, -0.05) is 65.9 Å². The van der Waals surface area contributed by atoms with E-state index in [1.165, 1.54) is 0 Å². The summed E-state index contributed by atoms with van der Waals surface area (Å²) in [4.78, 5) is 6.80. The molecule has 0 aromatic heterocycles. The summed E-state index contributed by atoms with van der Waals surface area (Å²) < 4.78 is 0. The molecule has 1 aromatic rings. The summed E-state index contributed by atoms with van der Waals surface area (Å²) >= 11 is 0. The lowest BCUT2D eigenvalue weighted by atomic mass is 10.1. The predicted octanol–water partition coefficient (Wildman–Crippen LogP) is 4.13. The second-order valence-corrected chi connectivity index (χ2v) is 7.20. The van der Waals surface area contributed by atoms with Crippen molar-refractivity contribution in [1.82, 2.24) is 14.7 Å². The van der Waals surface area contributed by atoms with Gasteiger partial charge in [-0.2, -0.15) is 0 Å². The van der Waals surface area contributed by atoms with Gasteiger partial charge in [-0.3, -0.25) is 0 Å². The summed E-state index contributed by atoms with van der Waals surface area (Å²) in [5, 5.41) is 1.01. The molecule has 0 aliphatic rings. The molecule has 1 aromatic carbocycles. The molecular formula is C26H34N3Si. The van der Waals surface area contributed by atoms with Crippen molar-refractivity contribution in [2.24, 2.45) is 0 Å². The molecule has 0 aliphatic heterocycles. The van der Waals surface area contributed by atoms with Gasteiger partial charge in [0, 0.05) is 39.3 Å². The van der Waals surface area contributed by atoms with Crippen LogP contribution in [0.1, 0.15) is 5.56 Å². The van der Waals surface area contributed by atoms with Crippen molar-refractivity contribution in [2.75, 3.05) is 39.3 Å². The van der Waals surface area contributed by atoms with Crippen LogP contribution in [0.25, 0.3) is 5.70 Å². The first-order valence-corrected chi connectivity index (χ1v) is 10.5. The number of hydrogen-bond donors (Lipinski definition) is 0. The van der Waals surface area contributed by atoms with Crippen molar-refractivity contribution in [3.63, 3.8) is 0 Å². The van der Waals surface area contributed by atoms with E-state index in [1.54, 1.807) is 0 Å². The lowest BCUT2D eigenvalue weighted by Crippen LogP contribution is -2.41. The molecule has 1 rings (SSSR count). The van der Waals surface area contributed by atoms with Crippen LogP contribution in [0.4, 0.5) is 0 Å². The van der Waals surface area contributed by atoms with Crippen LogP contribution in [0.5, 0.6) is 0 Å². The van der Waals surface area contributed by atoms with E-state index in [9.17, 15) is 0 Å². The maximum absolute atomic E-state index is 3.97. The fourth-order valence-electron chi connectivity index (χ4n) is 3.31.